The lowest BCUT2D eigenvalue weighted by molar-refractivity contribution is 0.251. The quantitative estimate of drug-likeness (QED) is 0.886. The summed E-state index contributed by atoms with van der Waals surface area (Å²) in [4.78, 5) is 2.58. The fourth-order valence-corrected chi connectivity index (χ4v) is 3.82. The van der Waals surface area contributed by atoms with Crippen LogP contribution in [0, 0.1) is 0 Å². The van der Waals surface area contributed by atoms with Crippen molar-refractivity contribution in [3.8, 4) is 5.75 Å². The highest BCUT2D eigenvalue weighted by Gasteiger charge is 2.25. The summed E-state index contributed by atoms with van der Waals surface area (Å²) in [7, 11) is 0. The van der Waals surface area contributed by atoms with Gasteiger partial charge in [0.05, 0.1) is 0 Å². The number of aromatic hydroxyl groups is 1. The second-order valence-corrected chi connectivity index (χ2v) is 6.16. The molecule has 1 aliphatic carbocycles. The van der Waals surface area contributed by atoms with E-state index in [4.69, 9.17) is 0 Å². The Labute approximate surface area is 122 Å². The van der Waals surface area contributed by atoms with E-state index in [1.165, 1.54) is 43.4 Å². The molecule has 2 unspecified atom stereocenters. The second kappa shape index (κ2) is 6.15. The molecule has 1 aromatic rings. The van der Waals surface area contributed by atoms with E-state index >= 15 is 0 Å². The van der Waals surface area contributed by atoms with Crippen molar-refractivity contribution in [1.29, 1.82) is 0 Å². The average molecular weight is 274 g/mol. The zero-order valence-electron chi connectivity index (χ0n) is 12.4. The molecule has 1 heterocycles. The normalized spacial score (nSPS) is 26.6. The Morgan fingerprint density at radius 1 is 1.30 bits per heavy atom. The first kappa shape index (κ1) is 13.9. The third-order valence-electron chi connectivity index (χ3n) is 4.95. The predicted octanol–water partition coefficient (Wildman–Crippen LogP) is 2.84. The lowest BCUT2D eigenvalue weighted by atomic mass is 9.87. The summed E-state index contributed by atoms with van der Waals surface area (Å²) in [6, 6.07) is 6.98. The molecule has 20 heavy (non-hydrogen) atoms. The predicted molar refractivity (Wildman–Crippen MR) is 82.1 cm³/mol. The van der Waals surface area contributed by atoms with Crippen LogP contribution >= 0.6 is 0 Å². The van der Waals surface area contributed by atoms with E-state index in [1.807, 2.05) is 12.1 Å². The van der Waals surface area contributed by atoms with Crippen LogP contribution in [0.3, 0.4) is 0 Å². The van der Waals surface area contributed by atoms with Gasteiger partial charge in [0.15, 0.2) is 0 Å². The maximum absolute atomic E-state index is 9.73. The molecule has 2 N–H and O–H groups in total. The van der Waals surface area contributed by atoms with E-state index in [0.717, 1.165) is 19.5 Å². The molecule has 1 aliphatic heterocycles. The van der Waals surface area contributed by atoms with Crippen LogP contribution in [-0.2, 0) is 6.42 Å². The standard InChI is InChI=1S/C17H26N2O/c1-2-19-10-4-6-14(19)12-18-17-7-3-5-13-8-9-15(20)11-16(13)17/h8-9,11,14,17-18,20H,2-7,10,12H2,1H3. The number of phenols is 1. The highest BCUT2D eigenvalue weighted by molar-refractivity contribution is 5.38. The number of nitrogens with zero attached hydrogens (tertiary/aromatic N) is 1. The van der Waals surface area contributed by atoms with Crippen LogP contribution in [0.4, 0.5) is 0 Å². The largest absolute Gasteiger partial charge is 0.508 e. The minimum absolute atomic E-state index is 0.397. The summed E-state index contributed by atoms with van der Waals surface area (Å²) < 4.78 is 0. The van der Waals surface area contributed by atoms with Crippen molar-refractivity contribution in [3.63, 3.8) is 0 Å². The third-order valence-corrected chi connectivity index (χ3v) is 4.95. The summed E-state index contributed by atoms with van der Waals surface area (Å²) in [5.74, 6) is 0.397. The van der Waals surface area contributed by atoms with Crippen LogP contribution in [0.5, 0.6) is 5.75 Å². The van der Waals surface area contributed by atoms with E-state index in [-0.39, 0.29) is 0 Å². The second-order valence-electron chi connectivity index (χ2n) is 6.16. The number of hydrogen-bond acceptors (Lipinski definition) is 3. The molecule has 3 heteroatoms. The Morgan fingerprint density at radius 3 is 3.05 bits per heavy atom. The minimum Gasteiger partial charge on any atom is -0.508 e. The molecule has 2 atom stereocenters. The smallest absolute Gasteiger partial charge is 0.115 e. The molecule has 2 aliphatic rings. The van der Waals surface area contributed by atoms with Crippen molar-refractivity contribution in [2.24, 2.45) is 0 Å². The zero-order chi connectivity index (χ0) is 13.9. The highest BCUT2D eigenvalue weighted by atomic mass is 16.3. The monoisotopic (exact) mass is 274 g/mol. The van der Waals surface area contributed by atoms with Crippen molar-refractivity contribution in [3.05, 3.63) is 29.3 Å². The van der Waals surface area contributed by atoms with Gasteiger partial charge in [0.2, 0.25) is 0 Å². The molecule has 0 amide bonds. The van der Waals surface area contributed by atoms with Crippen LogP contribution in [0.25, 0.3) is 0 Å². The first-order chi connectivity index (χ1) is 9.78. The van der Waals surface area contributed by atoms with Gasteiger partial charge in [0.1, 0.15) is 5.75 Å². The van der Waals surface area contributed by atoms with Crippen LogP contribution in [-0.4, -0.2) is 35.7 Å². The van der Waals surface area contributed by atoms with Gasteiger partial charge < -0.3 is 10.4 Å². The summed E-state index contributed by atoms with van der Waals surface area (Å²) >= 11 is 0. The van der Waals surface area contributed by atoms with Crippen LogP contribution in [0.1, 0.15) is 49.8 Å². The number of phenolic OH excluding ortho intramolecular Hbond substituents is 1. The van der Waals surface area contributed by atoms with E-state index < -0.39 is 0 Å². The number of likely N-dealkylation sites (tertiary alicyclic amines) is 1. The summed E-state index contributed by atoms with van der Waals surface area (Å²) in [5, 5.41) is 13.5. The topological polar surface area (TPSA) is 35.5 Å². The molecule has 1 aromatic carbocycles. The molecule has 0 aromatic heterocycles. The number of hydrogen-bond donors (Lipinski definition) is 2. The lowest BCUT2D eigenvalue weighted by Crippen LogP contribution is -2.39. The summed E-state index contributed by atoms with van der Waals surface area (Å²) in [6.07, 6.45) is 6.24. The molecule has 0 bridgehead atoms. The number of fused-ring (bicyclic) bond motifs is 1. The van der Waals surface area contributed by atoms with Crippen LogP contribution in [0.15, 0.2) is 18.2 Å². The van der Waals surface area contributed by atoms with Gasteiger partial charge in [-0.3, -0.25) is 4.90 Å². The molecule has 0 radical (unpaired) electrons. The Balaban J connectivity index is 1.66. The highest BCUT2D eigenvalue weighted by Crippen LogP contribution is 2.32. The number of likely N-dealkylation sites (N-methyl/N-ethyl adjacent to an activating group) is 1. The van der Waals surface area contributed by atoms with Crippen molar-refractivity contribution >= 4 is 0 Å². The van der Waals surface area contributed by atoms with Gasteiger partial charge in [-0.15, -0.1) is 0 Å². The molecule has 3 nitrogen and oxygen atoms in total. The molecular weight excluding hydrogens is 248 g/mol. The van der Waals surface area contributed by atoms with Gasteiger partial charge in [-0.2, -0.15) is 0 Å². The molecule has 110 valence electrons. The Bertz CT molecular complexity index is 460. The first-order valence-corrected chi connectivity index (χ1v) is 8.07. The molecule has 1 fully saturated rings. The van der Waals surface area contributed by atoms with Crippen LogP contribution < -0.4 is 5.32 Å². The Hall–Kier alpha value is -1.06. The molecular formula is C17H26N2O. The number of aryl methyl sites for hydroxylation is 1. The van der Waals surface area contributed by atoms with E-state index in [1.54, 1.807) is 0 Å². The Kier molecular flexibility index (Phi) is 4.27. The fraction of sp³-hybridized carbons (Fsp3) is 0.647. The zero-order valence-corrected chi connectivity index (χ0v) is 12.4. The fourth-order valence-electron chi connectivity index (χ4n) is 3.82. The van der Waals surface area contributed by atoms with Gasteiger partial charge in [-0.25, -0.2) is 0 Å². The third kappa shape index (κ3) is 2.84. The van der Waals surface area contributed by atoms with Gasteiger partial charge in [-0.05, 0) is 68.5 Å². The SMILES string of the molecule is CCN1CCCC1CNC1CCCc2ccc(O)cc21. The van der Waals surface area contributed by atoms with Crippen molar-refractivity contribution in [2.45, 2.75) is 51.1 Å². The summed E-state index contributed by atoms with van der Waals surface area (Å²) in [5.41, 5.74) is 2.72. The van der Waals surface area contributed by atoms with Crippen molar-refractivity contribution < 1.29 is 5.11 Å². The van der Waals surface area contributed by atoms with Gasteiger partial charge in [0.25, 0.3) is 0 Å². The minimum atomic E-state index is 0.397. The van der Waals surface area contributed by atoms with Gasteiger partial charge in [-0.1, -0.05) is 13.0 Å². The van der Waals surface area contributed by atoms with E-state index in [2.05, 4.69) is 23.2 Å². The molecule has 3 rings (SSSR count). The van der Waals surface area contributed by atoms with Gasteiger partial charge >= 0.3 is 0 Å². The van der Waals surface area contributed by atoms with Gasteiger partial charge in [0, 0.05) is 18.6 Å². The molecule has 1 saturated heterocycles. The van der Waals surface area contributed by atoms with E-state index in [9.17, 15) is 5.11 Å². The maximum atomic E-state index is 9.73. The van der Waals surface area contributed by atoms with Crippen LogP contribution in [0.2, 0.25) is 0 Å². The number of nitrogens with one attached hydrogen (secondary N) is 1. The molecule has 0 saturated carbocycles. The summed E-state index contributed by atoms with van der Waals surface area (Å²) in [6.45, 7) is 5.75. The van der Waals surface area contributed by atoms with Crippen molar-refractivity contribution in [2.75, 3.05) is 19.6 Å². The van der Waals surface area contributed by atoms with Crippen molar-refractivity contribution in [1.82, 2.24) is 10.2 Å². The number of benzene rings is 1. The Morgan fingerprint density at radius 2 is 2.20 bits per heavy atom. The number of rotatable bonds is 4. The first-order valence-electron chi connectivity index (χ1n) is 8.07. The molecule has 0 spiro atoms. The van der Waals surface area contributed by atoms with E-state index in [0.29, 0.717) is 17.8 Å². The maximum Gasteiger partial charge on any atom is 0.115 e. The lowest BCUT2D eigenvalue weighted by Gasteiger charge is -2.30. The average Bonchev–Trinajstić information content (AvgIpc) is 2.92.